The molecule has 1 aliphatic carbocycles. The molecule has 2 fully saturated rings. The molecule has 3 aliphatic rings. The smallest absolute Gasteiger partial charge is 0.262 e. The van der Waals surface area contributed by atoms with Crippen molar-refractivity contribution in [2.45, 2.75) is 57.2 Å². The van der Waals surface area contributed by atoms with Crippen molar-refractivity contribution in [1.82, 2.24) is 15.5 Å². The largest absolute Gasteiger partial charge is 0.330 e. The molecule has 2 heterocycles. The number of piperidine rings is 1. The van der Waals surface area contributed by atoms with Gasteiger partial charge in [0.25, 0.3) is 11.8 Å². The van der Waals surface area contributed by atoms with Crippen LogP contribution in [-0.4, -0.2) is 47.2 Å². The van der Waals surface area contributed by atoms with Crippen LogP contribution < -0.4 is 16.4 Å². The molecule has 0 aromatic heterocycles. The van der Waals surface area contributed by atoms with Gasteiger partial charge < -0.3 is 11.1 Å². The topological polar surface area (TPSA) is 122 Å². The van der Waals surface area contributed by atoms with Crippen LogP contribution in [0.15, 0.2) is 18.2 Å². The minimum Gasteiger partial charge on any atom is -0.330 e. The van der Waals surface area contributed by atoms with Gasteiger partial charge in [-0.15, -0.1) is 0 Å². The lowest BCUT2D eigenvalue weighted by atomic mass is 10.0. The summed E-state index contributed by atoms with van der Waals surface area (Å²) in [6.07, 6.45) is 4.76. The number of carbonyl (C=O) groups excluding carboxylic acids is 4. The number of fused-ring (bicyclic) bond motifs is 1. The molecule has 8 heteroatoms. The molecule has 4 N–H and O–H groups in total. The van der Waals surface area contributed by atoms with Gasteiger partial charge in [0.15, 0.2) is 0 Å². The minimum absolute atomic E-state index is 0.117. The molecule has 1 aromatic rings. The van der Waals surface area contributed by atoms with E-state index in [4.69, 9.17) is 5.73 Å². The predicted molar refractivity (Wildman–Crippen MR) is 105 cm³/mol. The number of nitrogens with one attached hydrogen (secondary N) is 2. The van der Waals surface area contributed by atoms with Crippen molar-refractivity contribution >= 4 is 23.6 Å². The zero-order chi connectivity index (χ0) is 20.5. The molecular formula is C21H26N4O4. The Kier molecular flexibility index (Phi) is 5.47. The van der Waals surface area contributed by atoms with Crippen molar-refractivity contribution < 1.29 is 19.2 Å². The maximum Gasteiger partial charge on any atom is 0.262 e. The van der Waals surface area contributed by atoms with E-state index in [9.17, 15) is 19.2 Å². The minimum atomic E-state index is -0.931. The molecule has 29 heavy (non-hydrogen) atoms. The summed E-state index contributed by atoms with van der Waals surface area (Å²) in [5.74, 6) is -1.23. The van der Waals surface area contributed by atoms with Gasteiger partial charge in [0.1, 0.15) is 6.04 Å². The molecule has 1 saturated heterocycles. The van der Waals surface area contributed by atoms with Gasteiger partial charge >= 0.3 is 0 Å². The number of hydrogen-bond acceptors (Lipinski definition) is 6. The summed E-state index contributed by atoms with van der Waals surface area (Å²) < 4.78 is 0. The highest BCUT2D eigenvalue weighted by Crippen LogP contribution is 2.30. The summed E-state index contributed by atoms with van der Waals surface area (Å²) in [6.45, 7) is 1.34. The van der Waals surface area contributed by atoms with Gasteiger partial charge in [-0.05, 0) is 62.3 Å². The maximum atomic E-state index is 12.9. The van der Waals surface area contributed by atoms with Gasteiger partial charge in [-0.2, -0.15) is 0 Å². The first kappa shape index (κ1) is 19.7. The molecule has 4 rings (SSSR count). The van der Waals surface area contributed by atoms with E-state index < -0.39 is 23.8 Å². The predicted octanol–water partition coefficient (Wildman–Crippen LogP) is 0.695. The van der Waals surface area contributed by atoms with Crippen LogP contribution in [0.4, 0.5) is 0 Å². The summed E-state index contributed by atoms with van der Waals surface area (Å²) in [5.41, 5.74) is 7.22. The summed E-state index contributed by atoms with van der Waals surface area (Å²) in [6, 6.07) is 4.75. The normalized spacial score (nSPS) is 26.8. The quantitative estimate of drug-likeness (QED) is 0.607. The summed E-state index contributed by atoms with van der Waals surface area (Å²) in [5, 5.41) is 5.75. The van der Waals surface area contributed by atoms with Gasteiger partial charge in [0.05, 0.1) is 11.1 Å². The van der Waals surface area contributed by atoms with Crippen LogP contribution in [-0.2, 0) is 16.1 Å². The van der Waals surface area contributed by atoms with Crippen molar-refractivity contribution in [3.8, 4) is 0 Å². The van der Waals surface area contributed by atoms with Gasteiger partial charge in [0, 0.05) is 19.0 Å². The standard InChI is InChI=1S/C21H26N4O4/c22-8-7-12-1-3-14(9-12)23-11-13-2-4-15-16(10-13)21(29)25(20(15)28)17-5-6-18(26)24-19(17)27/h2,4,10,12,14,17,23H,1,3,5-9,11,22H2,(H,24,26,27). The van der Waals surface area contributed by atoms with Crippen LogP contribution in [0.2, 0.25) is 0 Å². The van der Waals surface area contributed by atoms with E-state index in [1.165, 1.54) is 6.42 Å². The Bertz CT molecular complexity index is 868. The van der Waals surface area contributed by atoms with Crippen LogP contribution in [0, 0.1) is 5.92 Å². The lowest BCUT2D eigenvalue weighted by Gasteiger charge is -2.27. The Morgan fingerprint density at radius 1 is 1.07 bits per heavy atom. The first-order valence-electron chi connectivity index (χ1n) is 10.3. The average Bonchev–Trinajstić information content (AvgIpc) is 3.24. The summed E-state index contributed by atoms with van der Waals surface area (Å²) in [7, 11) is 0. The lowest BCUT2D eigenvalue weighted by Crippen LogP contribution is -2.54. The monoisotopic (exact) mass is 398 g/mol. The van der Waals surface area contributed by atoms with Crippen LogP contribution in [0.1, 0.15) is 64.8 Å². The van der Waals surface area contributed by atoms with E-state index >= 15 is 0 Å². The third-order valence-corrected chi connectivity index (χ3v) is 6.22. The highest BCUT2D eigenvalue weighted by Gasteiger charge is 2.44. The fourth-order valence-electron chi connectivity index (χ4n) is 4.65. The third-order valence-electron chi connectivity index (χ3n) is 6.22. The van der Waals surface area contributed by atoms with Gasteiger partial charge in [-0.25, -0.2) is 0 Å². The van der Waals surface area contributed by atoms with Gasteiger partial charge in [-0.1, -0.05) is 6.07 Å². The second-order valence-corrected chi connectivity index (χ2v) is 8.16. The van der Waals surface area contributed by atoms with E-state index in [0.717, 1.165) is 36.3 Å². The van der Waals surface area contributed by atoms with Crippen LogP contribution >= 0.6 is 0 Å². The number of benzene rings is 1. The fourth-order valence-corrected chi connectivity index (χ4v) is 4.65. The average molecular weight is 398 g/mol. The SMILES string of the molecule is NCCC1CCC(NCc2ccc3c(c2)C(=O)N(C2CCC(=O)NC2=O)C3=O)C1. The molecular weight excluding hydrogens is 372 g/mol. The van der Waals surface area contributed by atoms with Gasteiger partial charge in [0.2, 0.25) is 11.8 Å². The molecule has 1 saturated carbocycles. The Hall–Kier alpha value is -2.58. The first-order chi connectivity index (χ1) is 14.0. The second-order valence-electron chi connectivity index (χ2n) is 8.16. The Morgan fingerprint density at radius 2 is 1.86 bits per heavy atom. The van der Waals surface area contributed by atoms with Crippen molar-refractivity contribution in [2.24, 2.45) is 11.7 Å². The van der Waals surface area contributed by atoms with Crippen molar-refractivity contribution in [2.75, 3.05) is 6.54 Å². The Labute approximate surface area is 169 Å². The van der Waals surface area contributed by atoms with Crippen molar-refractivity contribution in [1.29, 1.82) is 0 Å². The Balaban J connectivity index is 1.43. The zero-order valence-electron chi connectivity index (χ0n) is 16.3. The summed E-state index contributed by atoms with van der Waals surface area (Å²) >= 11 is 0. The highest BCUT2D eigenvalue weighted by atomic mass is 16.2. The first-order valence-corrected chi connectivity index (χ1v) is 10.3. The number of carbonyl (C=O) groups is 4. The molecule has 3 atom stereocenters. The van der Waals surface area contributed by atoms with Crippen molar-refractivity contribution in [3.05, 3.63) is 34.9 Å². The molecule has 3 unspecified atom stereocenters. The Morgan fingerprint density at radius 3 is 2.62 bits per heavy atom. The number of imide groups is 2. The molecule has 0 radical (unpaired) electrons. The number of nitrogens with two attached hydrogens (primary N) is 1. The third kappa shape index (κ3) is 3.82. The van der Waals surface area contributed by atoms with Gasteiger partial charge in [-0.3, -0.25) is 29.4 Å². The molecule has 2 aliphatic heterocycles. The molecule has 4 amide bonds. The molecule has 0 spiro atoms. The fraction of sp³-hybridized carbons (Fsp3) is 0.524. The van der Waals surface area contributed by atoms with E-state index in [1.54, 1.807) is 12.1 Å². The van der Waals surface area contributed by atoms with E-state index in [2.05, 4.69) is 10.6 Å². The highest BCUT2D eigenvalue weighted by molar-refractivity contribution is 6.23. The molecule has 0 bridgehead atoms. The van der Waals surface area contributed by atoms with E-state index in [-0.39, 0.29) is 18.7 Å². The molecule has 8 nitrogen and oxygen atoms in total. The number of hydrogen-bond donors (Lipinski definition) is 3. The number of nitrogens with zero attached hydrogens (tertiary/aromatic N) is 1. The van der Waals surface area contributed by atoms with Crippen LogP contribution in [0.3, 0.4) is 0 Å². The van der Waals surface area contributed by atoms with E-state index in [1.807, 2.05) is 6.07 Å². The lowest BCUT2D eigenvalue weighted by molar-refractivity contribution is -0.136. The van der Waals surface area contributed by atoms with Crippen LogP contribution in [0.25, 0.3) is 0 Å². The van der Waals surface area contributed by atoms with Crippen molar-refractivity contribution in [3.63, 3.8) is 0 Å². The van der Waals surface area contributed by atoms with E-state index in [0.29, 0.717) is 29.6 Å². The summed E-state index contributed by atoms with van der Waals surface area (Å²) in [4.78, 5) is 50.1. The maximum absolute atomic E-state index is 12.9. The van der Waals surface area contributed by atoms with Crippen LogP contribution in [0.5, 0.6) is 0 Å². The molecule has 154 valence electrons. The molecule has 1 aromatic carbocycles. The number of rotatable bonds is 6. The zero-order valence-corrected chi connectivity index (χ0v) is 16.3. The number of amides is 4. The second kappa shape index (κ2) is 8.04.